The summed E-state index contributed by atoms with van der Waals surface area (Å²) in [4.78, 5) is 157. The van der Waals surface area contributed by atoms with Gasteiger partial charge in [0.05, 0.1) is 42.4 Å². The van der Waals surface area contributed by atoms with E-state index in [0.717, 1.165) is 22.3 Å². The molecule has 26 nitrogen and oxygen atoms in total. The number of nitrogens with two attached hydrogens (primary N) is 2. The van der Waals surface area contributed by atoms with Crippen molar-refractivity contribution in [3.05, 3.63) is 173 Å². The van der Waals surface area contributed by atoms with E-state index in [2.05, 4.69) is 42.5 Å². The van der Waals surface area contributed by atoms with E-state index < -0.39 is 115 Å². The predicted molar refractivity (Wildman–Crippen MR) is 370 cm³/mol. The number of benzene rings is 5. The third-order valence-corrected chi connectivity index (χ3v) is 20.2. The Balaban J connectivity index is 0.806. The van der Waals surface area contributed by atoms with E-state index in [1.54, 1.807) is 0 Å². The van der Waals surface area contributed by atoms with Gasteiger partial charge in [0, 0.05) is 79.6 Å². The largest absolute Gasteiger partial charge is 0.483 e. The summed E-state index contributed by atoms with van der Waals surface area (Å²) in [5.41, 5.74) is 15.3. The Kier molecular flexibility index (Phi) is 23.9. The van der Waals surface area contributed by atoms with Crippen LogP contribution in [0.4, 0.5) is 0 Å². The number of nitrogens with zero attached hydrogens (tertiary/aromatic N) is 2. The molecule has 2 aliphatic heterocycles. The summed E-state index contributed by atoms with van der Waals surface area (Å²) in [6.07, 6.45) is 4.64. The average molecular weight is 1380 g/mol. The van der Waals surface area contributed by atoms with Gasteiger partial charge in [-0.3, -0.25) is 47.9 Å². The van der Waals surface area contributed by atoms with Gasteiger partial charge >= 0.3 is 5.97 Å². The minimum absolute atomic E-state index is 0.0419. The van der Waals surface area contributed by atoms with Crippen LogP contribution in [0, 0.1) is 23.7 Å². The molecule has 0 bridgehead atoms. The van der Waals surface area contributed by atoms with E-state index in [-0.39, 0.29) is 122 Å². The molecule has 534 valence electrons. The Hall–Kier alpha value is -10.1. The van der Waals surface area contributed by atoms with Crippen molar-refractivity contribution in [2.24, 2.45) is 35.1 Å². The first-order chi connectivity index (χ1) is 48.9. The number of aliphatic hydroxyl groups is 1. The monoisotopic (exact) mass is 1380 g/mol. The maximum Gasteiger partial charge on any atom is 0.326 e. The number of ether oxygens (including phenoxy) is 1. The molecule has 0 aromatic heterocycles. The maximum absolute atomic E-state index is 15.2. The molecule has 26 heteroatoms. The molecule has 14 N–H and O–H groups in total. The lowest BCUT2D eigenvalue weighted by Crippen LogP contribution is -2.57. The van der Waals surface area contributed by atoms with Gasteiger partial charge in [0.15, 0.2) is 6.61 Å². The summed E-state index contributed by atoms with van der Waals surface area (Å²) in [6, 6.07) is 38.1. The van der Waals surface area contributed by atoms with Crippen LogP contribution >= 0.6 is 0 Å². The van der Waals surface area contributed by atoms with Gasteiger partial charge in [-0.05, 0) is 118 Å². The van der Waals surface area contributed by atoms with Crippen LogP contribution in [0.2, 0.25) is 0 Å². The van der Waals surface area contributed by atoms with Crippen molar-refractivity contribution in [2.75, 3.05) is 59.0 Å². The van der Waals surface area contributed by atoms with Crippen LogP contribution in [0.25, 0.3) is 0 Å². The van der Waals surface area contributed by atoms with Crippen LogP contribution in [0.1, 0.15) is 131 Å². The van der Waals surface area contributed by atoms with Gasteiger partial charge in [-0.25, -0.2) is 4.79 Å². The van der Waals surface area contributed by atoms with Crippen LogP contribution in [0.15, 0.2) is 140 Å². The zero-order chi connectivity index (χ0) is 71.3. The van der Waals surface area contributed by atoms with E-state index in [0.29, 0.717) is 57.9 Å². The summed E-state index contributed by atoms with van der Waals surface area (Å²) < 4.78 is 6.13. The lowest BCUT2D eigenvalue weighted by Gasteiger charge is -2.24. The number of hydrogen-bond acceptors (Lipinski definition) is 15. The van der Waals surface area contributed by atoms with E-state index in [4.69, 9.17) is 16.2 Å². The minimum Gasteiger partial charge on any atom is -0.483 e. The highest BCUT2D eigenvalue weighted by Gasteiger charge is 2.52. The topological polar surface area (TPSA) is 392 Å². The standard InChI is InChI=1S/C75H90N12O14/c76-29-15-13-25-57(71(95)81-58(75(99)100)26-14-16-30-77)80-72(96)63(41-88)79-65(89)36-78-66(90)42-101-64-31-47(73(97)86-37-53(67(91)82-59-32-49(59)43-17-5-1-6-18-43)54(38-86)68(92)83-60-33-50(60)44-19-7-2-8-20-44)27-28-48(64)74(98)87-39-55(69(93)84-61-34-51(61)45-21-9-3-10-22-45)56(40-87)70(94)85-62-35-52(62)46-23-11-4-12-24-46/h1-12,17-24,27-28,31,49-63,88H,13-16,25-26,29-30,32-42,76-77H2,(H,78,90)(H,79,89)(H,80,96)(H,81,95)(H,82,91)(H,83,92)(H,84,93)(H,85,94)(H,99,100)/t49-,50-,51-,52-,53-,54-,55-,56-,57+,58+,59+,60+,61+,62+,63+/m1/s1. The van der Waals surface area contributed by atoms with Crippen molar-refractivity contribution in [1.82, 2.24) is 52.3 Å². The van der Waals surface area contributed by atoms with E-state index in [1.165, 1.54) is 28.0 Å². The van der Waals surface area contributed by atoms with Crippen molar-refractivity contribution < 1.29 is 67.7 Å². The molecule has 0 radical (unpaired) electrons. The molecule has 101 heavy (non-hydrogen) atoms. The number of aliphatic carboxylic acids is 1. The van der Waals surface area contributed by atoms with Crippen molar-refractivity contribution >= 4 is 65.0 Å². The van der Waals surface area contributed by atoms with Gasteiger partial charge < -0.3 is 78.8 Å². The Labute approximate surface area is 585 Å². The first-order valence-electron chi connectivity index (χ1n) is 35.1. The fraction of sp³-hybridized carbons (Fsp3) is 0.453. The number of unbranched alkanes of at least 4 members (excludes halogenated alkanes) is 2. The zero-order valence-electron chi connectivity index (χ0n) is 56.2. The van der Waals surface area contributed by atoms with Crippen LogP contribution < -0.4 is 58.7 Å². The first kappa shape index (κ1) is 72.2. The van der Waals surface area contributed by atoms with Crippen LogP contribution in [0.3, 0.4) is 0 Å². The van der Waals surface area contributed by atoms with Gasteiger partial charge in [0.25, 0.3) is 17.7 Å². The number of amides is 10. The average Bonchev–Trinajstić information content (AvgIpc) is 1.67. The Morgan fingerprint density at radius 3 is 1.22 bits per heavy atom. The number of carboxylic acid groups (broad SMARTS) is 1. The summed E-state index contributed by atoms with van der Waals surface area (Å²) in [6.45, 7) is -2.68. The molecule has 2 saturated heterocycles. The molecule has 15 atom stereocenters. The maximum atomic E-state index is 15.2. The Morgan fingerprint density at radius 1 is 0.455 bits per heavy atom. The third-order valence-electron chi connectivity index (χ3n) is 20.2. The molecule has 10 amide bonds. The minimum atomic E-state index is -1.64. The number of likely N-dealkylation sites (tertiary alicyclic amines) is 2. The molecule has 0 spiro atoms. The van der Waals surface area contributed by atoms with Crippen LogP contribution in [0.5, 0.6) is 5.75 Å². The Bertz CT molecular complexity index is 3670. The number of carbonyl (C=O) groups is 11. The Morgan fingerprint density at radius 2 is 0.832 bits per heavy atom. The highest BCUT2D eigenvalue weighted by molar-refractivity contribution is 6.03. The van der Waals surface area contributed by atoms with Crippen molar-refractivity contribution in [3.8, 4) is 5.75 Å². The van der Waals surface area contributed by atoms with Gasteiger partial charge in [0.2, 0.25) is 41.4 Å². The third kappa shape index (κ3) is 18.7. The summed E-state index contributed by atoms with van der Waals surface area (Å²) >= 11 is 0. The number of carbonyl (C=O) groups excluding carboxylic acids is 10. The SMILES string of the molecule is NCCCC[C@H](NC(=O)[C@H](CCCCN)NC(=O)[C@H](CO)NC(=O)CNC(=O)COc1cc(C(=O)N2C[C@@H](C(=O)N[C@H]3C[C@@H]3c3ccccc3)[C@H](C(=O)N[C@H]3C[C@@H]3c3ccccc3)C2)ccc1C(=O)N1C[C@@H](C(=O)N[C@H]2C[C@@H]2c2ccccc2)[C@H](C(=O)N[C@H]2C[C@@H]2c2ccccc2)C1)C(=O)O. The first-order valence-corrected chi connectivity index (χ1v) is 35.1. The van der Waals surface area contributed by atoms with Crippen molar-refractivity contribution in [1.29, 1.82) is 0 Å². The van der Waals surface area contributed by atoms with E-state index in [9.17, 15) is 53.4 Å². The fourth-order valence-corrected chi connectivity index (χ4v) is 14.0. The highest BCUT2D eigenvalue weighted by atomic mass is 16.5. The molecule has 2 heterocycles. The highest BCUT2D eigenvalue weighted by Crippen LogP contribution is 2.45. The summed E-state index contributed by atoms with van der Waals surface area (Å²) in [5.74, 6) is -11.7. The molecule has 0 unspecified atom stereocenters. The second-order valence-electron chi connectivity index (χ2n) is 27.4. The van der Waals surface area contributed by atoms with Gasteiger partial charge in [-0.2, -0.15) is 0 Å². The number of aliphatic hydroxyl groups excluding tert-OH is 1. The predicted octanol–water partition coefficient (Wildman–Crippen LogP) is 2.04. The van der Waals surface area contributed by atoms with Crippen LogP contribution in [-0.4, -0.2) is 186 Å². The van der Waals surface area contributed by atoms with E-state index >= 15 is 9.59 Å². The molecule has 4 saturated carbocycles. The quantitative estimate of drug-likeness (QED) is 0.0262. The molecule has 6 aliphatic rings. The summed E-state index contributed by atoms with van der Waals surface area (Å²) in [5, 5.41) is 42.3. The molecule has 4 aliphatic carbocycles. The molecule has 5 aromatic carbocycles. The van der Waals surface area contributed by atoms with Crippen molar-refractivity contribution in [2.45, 2.75) is 130 Å². The molecule has 11 rings (SSSR count). The normalized spacial score (nSPS) is 24.4. The van der Waals surface area contributed by atoms with Crippen LogP contribution in [-0.2, 0) is 43.2 Å². The lowest BCUT2D eigenvalue weighted by atomic mass is 9.94. The molecule has 6 fully saturated rings. The molecular formula is C75H90N12O14. The number of rotatable bonds is 34. The number of nitrogens with one attached hydrogen (secondary N) is 8. The molecular weight excluding hydrogens is 1290 g/mol. The second-order valence-corrected chi connectivity index (χ2v) is 27.4. The van der Waals surface area contributed by atoms with Gasteiger partial charge in [-0.1, -0.05) is 121 Å². The molecule has 5 aromatic rings. The lowest BCUT2D eigenvalue weighted by molar-refractivity contribution is -0.142. The smallest absolute Gasteiger partial charge is 0.326 e. The number of carboxylic acids is 1. The second kappa shape index (κ2) is 33.4. The van der Waals surface area contributed by atoms with Crippen molar-refractivity contribution in [3.63, 3.8) is 0 Å². The zero-order valence-corrected chi connectivity index (χ0v) is 56.2. The summed E-state index contributed by atoms with van der Waals surface area (Å²) in [7, 11) is 0. The fourth-order valence-electron chi connectivity index (χ4n) is 14.0. The van der Waals surface area contributed by atoms with E-state index in [1.807, 2.05) is 121 Å². The van der Waals surface area contributed by atoms with Gasteiger partial charge in [0.1, 0.15) is 23.9 Å². The van der Waals surface area contributed by atoms with Gasteiger partial charge in [-0.15, -0.1) is 0 Å². The number of hydrogen-bond donors (Lipinski definition) is 12.